The molecule has 0 amide bonds. The fourth-order valence-corrected chi connectivity index (χ4v) is 5.93. The van der Waals surface area contributed by atoms with Crippen LogP contribution in [-0.2, 0) is 23.2 Å². The van der Waals surface area contributed by atoms with E-state index in [4.69, 9.17) is 9.47 Å². The summed E-state index contributed by atoms with van der Waals surface area (Å²) in [6.07, 6.45) is 0.620. The number of rotatable bonds is 4. The van der Waals surface area contributed by atoms with Crippen LogP contribution in [0.3, 0.4) is 0 Å². The van der Waals surface area contributed by atoms with Crippen LogP contribution in [0.1, 0.15) is 31.9 Å². The van der Waals surface area contributed by atoms with Gasteiger partial charge in [-0.05, 0) is 50.5 Å². The van der Waals surface area contributed by atoms with Crippen molar-refractivity contribution in [3.05, 3.63) is 59.7 Å². The molecule has 6 nitrogen and oxygen atoms in total. The number of hydrogen-bond donors (Lipinski definition) is 0. The predicted octanol–water partition coefficient (Wildman–Crippen LogP) is 3.19. The molecule has 4 rings (SSSR count). The Hall–Kier alpha value is -2.09. The maximum atomic E-state index is 13.3. The summed E-state index contributed by atoms with van der Waals surface area (Å²) >= 11 is 0. The smallest absolute Gasteiger partial charge is 0.283 e. The van der Waals surface area contributed by atoms with Crippen molar-refractivity contribution >= 4 is 10.2 Å². The van der Waals surface area contributed by atoms with E-state index in [1.165, 1.54) is 0 Å². The molecule has 0 saturated carbocycles. The first-order valence-electron chi connectivity index (χ1n) is 9.47. The summed E-state index contributed by atoms with van der Waals surface area (Å²) in [6, 6.07) is 15.4. The van der Waals surface area contributed by atoms with E-state index in [1.807, 2.05) is 69.3 Å². The summed E-state index contributed by atoms with van der Waals surface area (Å²) < 4.78 is 40.8. The molecule has 1 fully saturated rings. The fourth-order valence-electron chi connectivity index (χ4n) is 3.79. The van der Waals surface area contributed by atoms with Crippen molar-refractivity contribution < 1.29 is 17.9 Å². The summed E-state index contributed by atoms with van der Waals surface area (Å²) in [6.45, 7) is 6.88. The first-order chi connectivity index (χ1) is 13.2. The zero-order valence-electron chi connectivity index (χ0n) is 16.5. The van der Waals surface area contributed by atoms with Gasteiger partial charge in [0.05, 0.1) is 0 Å². The zero-order valence-corrected chi connectivity index (χ0v) is 17.3. The van der Waals surface area contributed by atoms with Gasteiger partial charge in [0.1, 0.15) is 0 Å². The van der Waals surface area contributed by atoms with Crippen molar-refractivity contribution in [2.24, 2.45) is 0 Å². The van der Waals surface area contributed by atoms with Crippen LogP contribution in [0.5, 0.6) is 11.5 Å². The Morgan fingerprint density at radius 3 is 2.43 bits per heavy atom. The molecule has 2 aromatic rings. The largest absolute Gasteiger partial charge is 0.454 e. The number of hydrogen-bond acceptors (Lipinski definition) is 4. The second kappa shape index (κ2) is 7.06. The SMILES string of the molecule is CC(C)(C)N1C[C@H](Cc2ccc3c(c2)OCO3)N(Cc2ccccc2)S1(=O)=O. The van der Waals surface area contributed by atoms with Gasteiger partial charge in [-0.3, -0.25) is 0 Å². The van der Waals surface area contributed by atoms with Gasteiger partial charge in [0.15, 0.2) is 11.5 Å². The summed E-state index contributed by atoms with van der Waals surface area (Å²) in [5.41, 5.74) is 1.55. The van der Waals surface area contributed by atoms with Gasteiger partial charge in [-0.25, -0.2) is 0 Å². The highest BCUT2D eigenvalue weighted by atomic mass is 32.2. The molecule has 150 valence electrons. The molecule has 0 bridgehead atoms. The molecule has 0 spiro atoms. The van der Waals surface area contributed by atoms with Crippen LogP contribution in [-0.4, -0.2) is 41.9 Å². The highest BCUT2D eigenvalue weighted by molar-refractivity contribution is 7.87. The Kier molecular flexibility index (Phi) is 4.85. The average Bonchev–Trinajstić information content (AvgIpc) is 3.19. The van der Waals surface area contributed by atoms with Gasteiger partial charge in [-0.1, -0.05) is 36.4 Å². The van der Waals surface area contributed by atoms with E-state index in [1.54, 1.807) is 8.61 Å². The lowest BCUT2D eigenvalue weighted by molar-refractivity contribution is 0.174. The minimum atomic E-state index is -3.55. The second-order valence-electron chi connectivity index (χ2n) is 8.29. The molecule has 0 aliphatic carbocycles. The minimum absolute atomic E-state index is 0.148. The van der Waals surface area contributed by atoms with Crippen molar-refractivity contribution in [1.82, 2.24) is 8.61 Å². The third-order valence-electron chi connectivity index (χ3n) is 5.20. The molecular formula is C21H26N2O4S. The van der Waals surface area contributed by atoms with E-state index in [0.29, 0.717) is 19.5 Å². The Bertz CT molecular complexity index is 954. The normalized spacial score (nSPS) is 21.9. The molecule has 1 saturated heterocycles. The molecule has 2 aromatic carbocycles. The van der Waals surface area contributed by atoms with Gasteiger partial charge in [-0.15, -0.1) is 0 Å². The van der Waals surface area contributed by atoms with Gasteiger partial charge in [-0.2, -0.15) is 17.0 Å². The first kappa shape index (κ1) is 19.2. The Balaban J connectivity index is 1.64. The lowest BCUT2D eigenvalue weighted by atomic mass is 10.0. The Labute approximate surface area is 166 Å². The summed E-state index contributed by atoms with van der Waals surface area (Å²) in [4.78, 5) is 0. The molecule has 0 N–H and O–H groups in total. The van der Waals surface area contributed by atoms with Gasteiger partial charge >= 0.3 is 0 Å². The molecule has 2 heterocycles. The van der Waals surface area contributed by atoms with Crippen molar-refractivity contribution in [2.45, 2.75) is 45.3 Å². The molecule has 0 radical (unpaired) electrons. The van der Waals surface area contributed by atoms with Crippen LogP contribution in [0.4, 0.5) is 0 Å². The summed E-state index contributed by atoms with van der Waals surface area (Å²) in [7, 11) is -3.55. The standard InChI is InChI=1S/C21H26N2O4S/c1-21(2,3)23-14-18(11-17-9-10-19-20(12-17)27-15-26-19)22(28(23,24)25)13-16-7-5-4-6-8-16/h4-10,12,18H,11,13-15H2,1-3H3/t18-/m0/s1. The molecule has 1 atom stereocenters. The highest BCUT2D eigenvalue weighted by Gasteiger charge is 2.48. The third-order valence-corrected chi connectivity index (χ3v) is 7.47. The van der Waals surface area contributed by atoms with E-state index in [9.17, 15) is 8.42 Å². The number of benzene rings is 2. The maximum Gasteiger partial charge on any atom is 0.283 e. The molecule has 2 aliphatic rings. The molecule has 0 unspecified atom stereocenters. The molecule has 2 aliphatic heterocycles. The predicted molar refractivity (Wildman–Crippen MR) is 107 cm³/mol. The topological polar surface area (TPSA) is 59.1 Å². The van der Waals surface area contributed by atoms with Crippen LogP contribution in [0, 0.1) is 0 Å². The van der Waals surface area contributed by atoms with Gasteiger partial charge < -0.3 is 9.47 Å². The van der Waals surface area contributed by atoms with Crippen molar-refractivity contribution in [1.29, 1.82) is 0 Å². The number of nitrogens with zero attached hydrogens (tertiary/aromatic N) is 2. The molecular weight excluding hydrogens is 376 g/mol. The van der Waals surface area contributed by atoms with Gasteiger partial charge in [0.25, 0.3) is 10.2 Å². The van der Waals surface area contributed by atoms with E-state index in [-0.39, 0.29) is 12.8 Å². The van der Waals surface area contributed by atoms with Crippen LogP contribution < -0.4 is 9.47 Å². The highest BCUT2D eigenvalue weighted by Crippen LogP contribution is 2.36. The Morgan fingerprint density at radius 2 is 1.71 bits per heavy atom. The van der Waals surface area contributed by atoms with E-state index >= 15 is 0 Å². The Morgan fingerprint density at radius 1 is 1.00 bits per heavy atom. The van der Waals surface area contributed by atoms with E-state index in [0.717, 1.165) is 22.6 Å². The van der Waals surface area contributed by atoms with Gasteiger partial charge in [0.2, 0.25) is 6.79 Å². The van der Waals surface area contributed by atoms with Crippen molar-refractivity contribution in [2.75, 3.05) is 13.3 Å². The van der Waals surface area contributed by atoms with E-state index in [2.05, 4.69) is 0 Å². The number of ether oxygens (including phenoxy) is 2. The molecule has 28 heavy (non-hydrogen) atoms. The summed E-state index contributed by atoms with van der Waals surface area (Å²) in [5, 5.41) is 0. The quantitative estimate of drug-likeness (QED) is 0.788. The van der Waals surface area contributed by atoms with Crippen LogP contribution in [0.25, 0.3) is 0 Å². The van der Waals surface area contributed by atoms with Gasteiger partial charge in [0, 0.05) is 24.7 Å². The van der Waals surface area contributed by atoms with E-state index < -0.39 is 15.7 Å². The number of fused-ring (bicyclic) bond motifs is 1. The zero-order chi connectivity index (χ0) is 19.9. The van der Waals surface area contributed by atoms with Crippen LogP contribution in [0.15, 0.2) is 48.5 Å². The molecule has 7 heteroatoms. The third kappa shape index (κ3) is 3.62. The monoisotopic (exact) mass is 402 g/mol. The average molecular weight is 403 g/mol. The second-order valence-corrected chi connectivity index (χ2v) is 10.1. The van der Waals surface area contributed by atoms with Crippen LogP contribution >= 0.6 is 0 Å². The lowest BCUT2D eigenvalue weighted by Crippen LogP contribution is -2.44. The van der Waals surface area contributed by atoms with Crippen molar-refractivity contribution in [3.63, 3.8) is 0 Å². The van der Waals surface area contributed by atoms with Crippen LogP contribution in [0.2, 0.25) is 0 Å². The first-order valence-corrected chi connectivity index (χ1v) is 10.9. The van der Waals surface area contributed by atoms with Crippen molar-refractivity contribution in [3.8, 4) is 11.5 Å². The minimum Gasteiger partial charge on any atom is -0.454 e. The maximum absolute atomic E-state index is 13.3. The molecule has 0 aromatic heterocycles. The fraction of sp³-hybridized carbons (Fsp3) is 0.429. The lowest BCUT2D eigenvalue weighted by Gasteiger charge is -2.30. The summed E-state index contributed by atoms with van der Waals surface area (Å²) in [5.74, 6) is 1.46.